The standard InChI is InChI=1S/C13H15NO4/c1-8(18-7-15)10-6-14-11-4-9(16-2)5-12(17-3)13(10)11/h4-8,14H,1-3H3. The molecule has 2 rings (SSSR count). The summed E-state index contributed by atoms with van der Waals surface area (Å²) in [6.45, 7) is 2.25. The minimum Gasteiger partial charge on any atom is -0.497 e. The first-order valence-corrected chi connectivity index (χ1v) is 5.53. The first kappa shape index (κ1) is 12.3. The number of methoxy groups -OCH3 is 2. The number of benzene rings is 1. The summed E-state index contributed by atoms with van der Waals surface area (Å²) >= 11 is 0. The Kier molecular flexibility index (Phi) is 3.41. The van der Waals surface area contributed by atoms with E-state index in [-0.39, 0.29) is 6.10 Å². The second-order valence-electron chi connectivity index (χ2n) is 3.87. The smallest absolute Gasteiger partial charge is 0.293 e. The number of rotatable bonds is 5. The molecular formula is C13H15NO4. The molecule has 0 fully saturated rings. The Balaban J connectivity index is 2.60. The lowest BCUT2D eigenvalue weighted by Crippen LogP contribution is -1.98. The van der Waals surface area contributed by atoms with E-state index in [9.17, 15) is 4.79 Å². The van der Waals surface area contributed by atoms with Crippen LogP contribution in [0.5, 0.6) is 11.5 Å². The zero-order chi connectivity index (χ0) is 13.1. The molecule has 5 heteroatoms. The zero-order valence-electron chi connectivity index (χ0n) is 10.5. The third-order valence-corrected chi connectivity index (χ3v) is 2.90. The van der Waals surface area contributed by atoms with E-state index in [0.29, 0.717) is 18.0 Å². The van der Waals surface area contributed by atoms with Gasteiger partial charge < -0.3 is 19.2 Å². The fourth-order valence-electron chi connectivity index (χ4n) is 1.99. The number of H-pyrrole nitrogens is 1. The Morgan fingerprint density at radius 2 is 2.06 bits per heavy atom. The molecule has 1 N–H and O–H groups in total. The number of aromatic amines is 1. The number of hydrogen-bond donors (Lipinski definition) is 1. The quantitative estimate of drug-likeness (QED) is 0.827. The van der Waals surface area contributed by atoms with Gasteiger partial charge >= 0.3 is 0 Å². The molecule has 0 aliphatic carbocycles. The molecule has 0 radical (unpaired) electrons. The molecule has 96 valence electrons. The van der Waals surface area contributed by atoms with Crippen LogP contribution in [0.1, 0.15) is 18.6 Å². The van der Waals surface area contributed by atoms with Gasteiger partial charge in [-0.05, 0) is 6.92 Å². The van der Waals surface area contributed by atoms with E-state index in [2.05, 4.69) is 4.98 Å². The highest BCUT2D eigenvalue weighted by Crippen LogP contribution is 2.36. The monoisotopic (exact) mass is 249 g/mol. The molecule has 1 aromatic heterocycles. The van der Waals surface area contributed by atoms with Gasteiger partial charge in [-0.15, -0.1) is 0 Å². The maximum Gasteiger partial charge on any atom is 0.293 e. The molecule has 5 nitrogen and oxygen atoms in total. The van der Waals surface area contributed by atoms with Crippen molar-refractivity contribution < 1.29 is 19.0 Å². The van der Waals surface area contributed by atoms with Crippen molar-refractivity contribution in [3.8, 4) is 11.5 Å². The zero-order valence-corrected chi connectivity index (χ0v) is 10.5. The van der Waals surface area contributed by atoms with Crippen LogP contribution in [0.3, 0.4) is 0 Å². The number of aromatic nitrogens is 1. The van der Waals surface area contributed by atoms with Gasteiger partial charge in [-0.1, -0.05) is 0 Å². The molecule has 0 spiro atoms. The SMILES string of the molecule is COc1cc(OC)c2c(C(C)OC=O)c[nH]c2c1. The fraction of sp³-hybridized carbons (Fsp3) is 0.308. The van der Waals surface area contributed by atoms with Gasteiger partial charge in [0.25, 0.3) is 6.47 Å². The highest BCUT2D eigenvalue weighted by Gasteiger charge is 2.16. The van der Waals surface area contributed by atoms with E-state index in [1.165, 1.54) is 0 Å². The summed E-state index contributed by atoms with van der Waals surface area (Å²) < 4.78 is 15.5. The normalized spacial score (nSPS) is 12.2. The molecular weight excluding hydrogens is 234 g/mol. The van der Waals surface area contributed by atoms with Gasteiger partial charge in [-0.2, -0.15) is 0 Å². The van der Waals surface area contributed by atoms with Crippen molar-refractivity contribution in [3.63, 3.8) is 0 Å². The fourth-order valence-corrected chi connectivity index (χ4v) is 1.99. The van der Waals surface area contributed by atoms with Gasteiger partial charge in [-0.25, -0.2) is 0 Å². The van der Waals surface area contributed by atoms with Crippen LogP contribution in [0.2, 0.25) is 0 Å². The second kappa shape index (κ2) is 5.00. The van der Waals surface area contributed by atoms with E-state index in [1.54, 1.807) is 33.4 Å². The van der Waals surface area contributed by atoms with Crippen LogP contribution in [0.25, 0.3) is 10.9 Å². The van der Waals surface area contributed by atoms with Crippen LogP contribution < -0.4 is 9.47 Å². The van der Waals surface area contributed by atoms with Crippen molar-refractivity contribution >= 4 is 17.4 Å². The van der Waals surface area contributed by atoms with E-state index >= 15 is 0 Å². The van der Waals surface area contributed by atoms with Crippen LogP contribution in [0.4, 0.5) is 0 Å². The number of nitrogens with one attached hydrogen (secondary N) is 1. The summed E-state index contributed by atoms with van der Waals surface area (Å²) in [6, 6.07) is 3.67. The predicted molar refractivity (Wildman–Crippen MR) is 67.0 cm³/mol. The van der Waals surface area contributed by atoms with Gasteiger partial charge in [0.15, 0.2) is 0 Å². The Hall–Kier alpha value is -2.17. The van der Waals surface area contributed by atoms with Crippen LogP contribution in [-0.4, -0.2) is 25.7 Å². The Morgan fingerprint density at radius 3 is 2.67 bits per heavy atom. The molecule has 0 aliphatic rings. The number of fused-ring (bicyclic) bond motifs is 1. The van der Waals surface area contributed by atoms with E-state index < -0.39 is 0 Å². The maximum absolute atomic E-state index is 10.4. The highest BCUT2D eigenvalue weighted by molar-refractivity contribution is 5.91. The van der Waals surface area contributed by atoms with Crippen molar-refractivity contribution in [1.82, 2.24) is 4.98 Å². The highest BCUT2D eigenvalue weighted by atomic mass is 16.5. The first-order valence-electron chi connectivity index (χ1n) is 5.53. The van der Waals surface area contributed by atoms with E-state index in [4.69, 9.17) is 14.2 Å². The lowest BCUT2D eigenvalue weighted by molar-refractivity contribution is -0.133. The summed E-state index contributed by atoms with van der Waals surface area (Å²) in [5.74, 6) is 1.39. The molecule has 0 amide bonds. The molecule has 1 unspecified atom stereocenters. The molecule has 18 heavy (non-hydrogen) atoms. The summed E-state index contributed by atoms with van der Waals surface area (Å²) in [5.41, 5.74) is 1.75. The molecule has 2 aromatic rings. The topological polar surface area (TPSA) is 60.6 Å². The summed E-state index contributed by atoms with van der Waals surface area (Å²) in [4.78, 5) is 13.5. The molecule has 0 saturated carbocycles. The van der Waals surface area contributed by atoms with Crippen LogP contribution >= 0.6 is 0 Å². The molecule has 1 atom stereocenters. The first-order chi connectivity index (χ1) is 8.71. The lowest BCUT2D eigenvalue weighted by Gasteiger charge is -2.11. The maximum atomic E-state index is 10.4. The Morgan fingerprint density at radius 1 is 1.28 bits per heavy atom. The van der Waals surface area contributed by atoms with Gasteiger partial charge in [0, 0.05) is 29.3 Å². The summed E-state index contributed by atoms with van der Waals surface area (Å²) in [6.07, 6.45) is 1.47. The number of hydrogen-bond acceptors (Lipinski definition) is 4. The van der Waals surface area contributed by atoms with Gasteiger partial charge in [0.2, 0.25) is 0 Å². The number of carbonyl (C=O) groups excluding carboxylic acids is 1. The minimum absolute atomic E-state index is 0.335. The lowest BCUT2D eigenvalue weighted by atomic mass is 10.1. The van der Waals surface area contributed by atoms with Crippen LogP contribution in [0.15, 0.2) is 18.3 Å². The average molecular weight is 249 g/mol. The summed E-state index contributed by atoms with van der Waals surface area (Å²) in [5, 5.41) is 0.896. The van der Waals surface area contributed by atoms with Crippen molar-refractivity contribution in [2.45, 2.75) is 13.0 Å². The van der Waals surface area contributed by atoms with E-state index in [0.717, 1.165) is 16.5 Å². The second-order valence-corrected chi connectivity index (χ2v) is 3.87. The number of carbonyl (C=O) groups is 1. The van der Waals surface area contributed by atoms with Gasteiger partial charge in [0.1, 0.15) is 17.6 Å². The molecule has 0 saturated heterocycles. The van der Waals surface area contributed by atoms with Gasteiger partial charge in [0.05, 0.1) is 19.7 Å². The molecule has 1 aromatic carbocycles. The van der Waals surface area contributed by atoms with Crippen molar-refractivity contribution in [2.24, 2.45) is 0 Å². The summed E-state index contributed by atoms with van der Waals surface area (Å²) in [7, 11) is 3.19. The largest absolute Gasteiger partial charge is 0.497 e. The molecule has 0 aliphatic heterocycles. The van der Waals surface area contributed by atoms with Crippen molar-refractivity contribution in [3.05, 3.63) is 23.9 Å². The Bertz CT molecular complexity index is 561. The van der Waals surface area contributed by atoms with Crippen molar-refractivity contribution in [1.29, 1.82) is 0 Å². The third kappa shape index (κ3) is 1.99. The minimum atomic E-state index is -0.335. The molecule has 0 bridgehead atoms. The van der Waals surface area contributed by atoms with Crippen molar-refractivity contribution in [2.75, 3.05) is 14.2 Å². The van der Waals surface area contributed by atoms with Gasteiger partial charge in [-0.3, -0.25) is 4.79 Å². The van der Waals surface area contributed by atoms with E-state index in [1.807, 2.05) is 6.07 Å². The van der Waals surface area contributed by atoms with Crippen LogP contribution in [-0.2, 0) is 9.53 Å². The average Bonchev–Trinajstić information content (AvgIpc) is 2.81. The van der Waals surface area contributed by atoms with Crippen LogP contribution in [0, 0.1) is 0 Å². The predicted octanol–water partition coefficient (Wildman–Crippen LogP) is 2.42. The Labute approximate surface area is 105 Å². The number of ether oxygens (including phenoxy) is 3. The molecule has 1 heterocycles. The third-order valence-electron chi connectivity index (χ3n) is 2.90.